The van der Waals surface area contributed by atoms with Gasteiger partial charge in [-0.05, 0) is 64.4 Å². The van der Waals surface area contributed by atoms with Gasteiger partial charge in [0.15, 0.2) is 0 Å². The molecule has 3 nitrogen and oxygen atoms in total. The van der Waals surface area contributed by atoms with Gasteiger partial charge in [-0.2, -0.15) is 0 Å². The fraction of sp³-hybridized carbons (Fsp3) is 0.615. The molecular formula is C13H19Br2N3. The first-order chi connectivity index (χ1) is 8.66. The van der Waals surface area contributed by atoms with Gasteiger partial charge in [-0.1, -0.05) is 6.42 Å². The fourth-order valence-corrected chi connectivity index (χ4v) is 3.46. The third-order valence-corrected chi connectivity index (χ3v) is 4.60. The Morgan fingerprint density at radius 2 is 2.28 bits per heavy atom. The number of rotatable bonds is 4. The molecule has 1 saturated heterocycles. The zero-order valence-electron chi connectivity index (χ0n) is 10.6. The molecule has 1 fully saturated rings. The fourth-order valence-electron chi connectivity index (χ4n) is 2.33. The highest BCUT2D eigenvalue weighted by molar-refractivity contribution is 9.11. The highest BCUT2D eigenvalue weighted by Gasteiger charge is 2.18. The van der Waals surface area contributed by atoms with E-state index in [-0.39, 0.29) is 0 Å². The van der Waals surface area contributed by atoms with Crippen LogP contribution in [-0.2, 0) is 6.54 Å². The van der Waals surface area contributed by atoms with Crippen LogP contribution in [0.3, 0.4) is 0 Å². The molecule has 100 valence electrons. The van der Waals surface area contributed by atoms with Crippen LogP contribution in [0.25, 0.3) is 0 Å². The number of aromatic nitrogens is 1. The van der Waals surface area contributed by atoms with Gasteiger partial charge in [-0.3, -0.25) is 4.98 Å². The highest BCUT2D eigenvalue weighted by Crippen LogP contribution is 2.19. The van der Waals surface area contributed by atoms with Crippen LogP contribution in [0.4, 0.5) is 0 Å². The molecule has 0 bridgehead atoms. The summed E-state index contributed by atoms with van der Waals surface area (Å²) in [7, 11) is 2.22. The summed E-state index contributed by atoms with van der Waals surface area (Å²) in [5, 5.41) is 3.51. The smallest absolute Gasteiger partial charge is 0.0684 e. The quantitative estimate of drug-likeness (QED) is 0.874. The Balaban J connectivity index is 1.81. The number of likely N-dealkylation sites (tertiary alicyclic amines) is 1. The predicted molar refractivity (Wildman–Crippen MR) is 81.6 cm³/mol. The van der Waals surface area contributed by atoms with Crippen molar-refractivity contribution < 1.29 is 0 Å². The van der Waals surface area contributed by atoms with Crippen LogP contribution < -0.4 is 5.32 Å². The molecule has 2 rings (SSSR count). The van der Waals surface area contributed by atoms with Gasteiger partial charge in [0.1, 0.15) is 0 Å². The number of hydrogen-bond donors (Lipinski definition) is 1. The Morgan fingerprint density at radius 3 is 3.00 bits per heavy atom. The van der Waals surface area contributed by atoms with Crippen molar-refractivity contribution in [1.29, 1.82) is 0 Å². The second kappa shape index (κ2) is 6.98. The Labute approximate surface area is 126 Å². The number of nitrogens with one attached hydrogen (secondary N) is 1. The van der Waals surface area contributed by atoms with E-state index < -0.39 is 0 Å². The zero-order chi connectivity index (χ0) is 13.0. The first-order valence-electron chi connectivity index (χ1n) is 6.37. The Bertz CT molecular complexity index is 398. The molecule has 0 spiro atoms. The maximum Gasteiger partial charge on any atom is 0.0684 e. The van der Waals surface area contributed by atoms with E-state index >= 15 is 0 Å². The molecule has 2 heterocycles. The molecule has 0 aromatic carbocycles. The molecule has 0 amide bonds. The second-order valence-electron chi connectivity index (χ2n) is 4.84. The van der Waals surface area contributed by atoms with E-state index in [0.29, 0.717) is 6.04 Å². The third-order valence-electron chi connectivity index (χ3n) is 3.48. The number of likely N-dealkylation sites (N-methyl/N-ethyl adjacent to an activating group) is 1. The summed E-state index contributed by atoms with van der Waals surface area (Å²) in [5.41, 5.74) is 1.07. The van der Waals surface area contributed by atoms with Crippen LogP contribution >= 0.6 is 31.9 Å². The number of hydrogen-bond acceptors (Lipinski definition) is 3. The van der Waals surface area contributed by atoms with Crippen molar-refractivity contribution >= 4 is 31.9 Å². The molecule has 0 radical (unpaired) electrons. The Morgan fingerprint density at radius 1 is 1.44 bits per heavy atom. The van der Waals surface area contributed by atoms with E-state index in [1.807, 2.05) is 12.3 Å². The summed E-state index contributed by atoms with van der Waals surface area (Å²) in [6.07, 6.45) is 5.84. The van der Waals surface area contributed by atoms with Crippen molar-refractivity contribution in [3.8, 4) is 0 Å². The molecule has 1 atom stereocenters. The van der Waals surface area contributed by atoms with E-state index in [9.17, 15) is 0 Å². The molecule has 1 unspecified atom stereocenters. The van der Waals surface area contributed by atoms with Crippen LogP contribution in [0, 0.1) is 0 Å². The van der Waals surface area contributed by atoms with Gasteiger partial charge in [-0.25, -0.2) is 0 Å². The van der Waals surface area contributed by atoms with Crippen molar-refractivity contribution in [2.24, 2.45) is 0 Å². The van der Waals surface area contributed by atoms with Crippen molar-refractivity contribution in [3.63, 3.8) is 0 Å². The Kier molecular flexibility index (Phi) is 5.60. The Hall–Kier alpha value is 0.0300. The van der Waals surface area contributed by atoms with Crippen LogP contribution in [0.15, 0.2) is 21.2 Å². The predicted octanol–water partition coefficient (Wildman–Crippen LogP) is 3.18. The highest BCUT2D eigenvalue weighted by atomic mass is 79.9. The minimum absolute atomic E-state index is 0.674. The molecule has 1 N–H and O–H groups in total. The second-order valence-corrected chi connectivity index (χ2v) is 6.61. The largest absolute Gasteiger partial charge is 0.310 e. The lowest BCUT2D eigenvalue weighted by Crippen LogP contribution is -2.42. The van der Waals surface area contributed by atoms with Gasteiger partial charge in [0.2, 0.25) is 0 Å². The van der Waals surface area contributed by atoms with Crippen LogP contribution in [0.1, 0.15) is 25.0 Å². The van der Waals surface area contributed by atoms with E-state index in [1.165, 1.54) is 25.8 Å². The summed E-state index contributed by atoms with van der Waals surface area (Å²) >= 11 is 6.96. The minimum Gasteiger partial charge on any atom is -0.310 e. The number of nitrogens with zero attached hydrogens (tertiary/aromatic N) is 2. The van der Waals surface area contributed by atoms with E-state index in [0.717, 1.165) is 27.7 Å². The molecule has 5 heteroatoms. The number of pyridine rings is 1. The first kappa shape index (κ1) is 14.4. The summed E-state index contributed by atoms with van der Waals surface area (Å²) in [4.78, 5) is 6.87. The third kappa shape index (κ3) is 4.02. The summed E-state index contributed by atoms with van der Waals surface area (Å²) in [6.45, 7) is 3.09. The molecular weight excluding hydrogens is 358 g/mol. The van der Waals surface area contributed by atoms with Gasteiger partial charge in [0, 0.05) is 34.3 Å². The van der Waals surface area contributed by atoms with Crippen molar-refractivity contribution in [1.82, 2.24) is 15.2 Å². The molecule has 1 aliphatic heterocycles. The van der Waals surface area contributed by atoms with Crippen LogP contribution in [0.5, 0.6) is 0 Å². The van der Waals surface area contributed by atoms with Crippen LogP contribution in [-0.4, -0.2) is 36.1 Å². The zero-order valence-corrected chi connectivity index (χ0v) is 13.8. The SMILES string of the molecule is CN1CCCCC1CNCc1ncc(Br)cc1Br. The minimum atomic E-state index is 0.674. The summed E-state index contributed by atoms with van der Waals surface area (Å²) in [6, 6.07) is 2.71. The first-order valence-corrected chi connectivity index (χ1v) is 7.96. The maximum atomic E-state index is 4.41. The van der Waals surface area contributed by atoms with Gasteiger partial charge in [0.25, 0.3) is 0 Å². The van der Waals surface area contributed by atoms with Crippen molar-refractivity contribution in [3.05, 3.63) is 26.9 Å². The average Bonchev–Trinajstić information content (AvgIpc) is 2.34. The molecule has 1 aliphatic rings. The lowest BCUT2D eigenvalue weighted by atomic mass is 10.0. The van der Waals surface area contributed by atoms with Crippen LogP contribution in [0.2, 0.25) is 0 Å². The summed E-state index contributed by atoms with van der Waals surface area (Å²) < 4.78 is 2.06. The maximum absolute atomic E-state index is 4.41. The lowest BCUT2D eigenvalue weighted by Gasteiger charge is -2.32. The van der Waals surface area contributed by atoms with E-state index in [2.05, 4.69) is 54.1 Å². The lowest BCUT2D eigenvalue weighted by molar-refractivity contribution is 0.181. The van der Waals surface area contributed by atoms with Gasteiger partial charge >= 0.3 is 0 Å². The normalized spacial score (nSPS) is 21.2. The number of halogens is 2. The monoisotopic (exact) mass is 375 g/mol. The molecule has 1 aromatic rings. The topological polar surface area (TPSA) is 28.2 Å². The van der Waals surface area contributed by atoms with E-state index in [4.69, 9.17) is 0 Å². The van der Waals surface area contributed by atoms with Crippen molar-refractivity contribution in [2.45, 2.75) is 31.8 Å². The molecule has 1 aromatic heterocycles. The van der Waals surface area contributed by atoms with Gasteiger partial charge in [0.05, 0.1) is 5.69 Å². The summed E-state index contributed by atoms with van der Waals surface area (Å²) in [5.74, 6) is 0. The number of piperidine rings is 1. The average molecular weight is 377 g/mol. The van der Waals surface area contributed by atoms with Gasteiger partial charge < -0.3 is 10.2 Å². The molecule has 0 saturated carbocycles. The standard InChI is InChI=1S/C13H19Br2N3/c1-18-5-3-2-4-11(18)8-16-9-13-12(15)6-10(14)7-17-13/h6-7,11,16H,2-5,8-9H2,1H3. The van der Waals surface area contributed by atoms with Crippen molar-refractivity contribution in [2.75, 3.05) is 20.1 Å². The van der Waals surface area contributed by atoms with E-state index in [1.54, 1.807) is 0 Å². The molecule has 18 heavy (non-hydrogen) atoms. The molecule has 0 aliphatic carbocycles. The van der Waals surface area contributed by atoms with Gasteiger partial charge in [-0.15, -0.1) is 0 Å².